The molecule has 3 rings (SSSR count). The third-order valence-electron chi connectivity index (χ3n) is 4.32. The lowest BCUT2D eigenvalue weighted by atomic mass is 10.0. The molecule has 7 heteroatoms. The zero-order valence-corrected chi connectivity index (χ0v) is 13.3. The van der Waals surface area contributed by atoms with Gasteiger partial charge < -0.3 is 19.7 Å². The number of amides is 2. The van der Waals surface area contributed by atoms with Crippen LogP contribution in [0.2, 0.25) is 0 Å². The summed E-state index contributed by atoms with van der Waals surface area (Å²) >= 11 is 0. The van der Waals surface area contributed by atoms with Gasteiger partial charge in [-0.25, -0.2) is 0 Å². The number of nitriles is 1. The first kappa shape index (κ1) is 16.4. The van der Waals surface area contributed by atoms with Crippen LogP contribution in [0.25, 0.3) is 0 Å². The van der Waals surface area contributed by atoms with Gasteiger partial charge in [0.15, 0.2) is 5.79 Å². The molecule has 2 aliphatic heterocycles. The largest absolute Gasteiger partial charge is 0.347 e. The number of benzene rings is 1. The summed E-state index contributed by atoms with van der Waals surface area (Å²) in [6, 6.07) is 8.71. The summed E-state index contributed by atoms with van der Waals surface area (Å²) in [6.07, 6.45) is 1.00. The van der Waals surface area contributed by atoms with E-state index in [0.717, 1.165) is 0 Å². The number of nitrogens with one attached hydrogen (secondary N) is 1. The molecule has 7 nitrogen and oxygen atoms in total. The Morgan fingerprint density at radius 1 is 1.21 bits per heavy atom. The zero-order valence-electron chi connectivity index (χ0n) is 13.3. The number of hydrogen-bond acceptors (Lipinski definition) is 5. The standard InChI is InChI=1S/C17H19N3O4/c18-12-13-3-1-2-4-14(13)19-15(21)11-16(22)20-7-5-17(6-8-20)23-9-10-24-17/h1-4H,5-11H2,(H,19,21). The maximum Gasteiger partial charge on any atom is 0.233 e. The van der Waals surface area contributed by atoms with Gasteiger partial charge in [-0.1, -0.05) is 12.1 Å². The van der Waals surface area contributed by atoms with E-state index in [9.17, 15) is 9.59 Å². The summed E-state index contributed by atoms with van der Waals surface area (Å²) in [5.74, 6) is -1.18. The Morgan fingerprint density at radius 2 is 1.88 bits per heavy atom. The van der Waals surface area contributed by atoms with Gasteiger partial charge in [-0.05, 0) is 12.1 Å². The summed E-state index contributed by atoms with van der Waals surface area (Å²) in [4.78, 5) is 26.0. The second kappa shape index (κ2) is 6.99. The number of carbonyl (C=O) groups is 2. The molecule has 0 saturated carbocycles. The zero-order chi connectivity index (χ0) is 17.0. The number of likely N-dealkylation sites (tertiary alicyclic amines) is 1. The Hall–Kier alpha value is -2.43. The molecule has 0 atom stereocenters. The van der Waals surface area contributed by atoms with Gasteiger partial charge in [0.25, 0.3) is 0 Å². The van der Waals surface area contributed by atoms with Crippen LogP contribution in [0, 0.1) is 11.3 Å². The number of ether oxygens (including phenoxy) is 2. The molecule has 2 heterocycles. The van der Waals surface area contributed by atoms with Crippen molar-refractivity contribution in [2.24, 2.45) is 0 Å². The molecule has 0 radical (unpaired) electrons. The Bertz CT molecular complexity index is 667. The van der Waals surface area contributed by atoms with E-state index in [1.165, 1.54) is 0 Å². The number of anilines is 1. The van der Waals surface area contributed by atoms with Crippen molar-refractivity contribution < 1.29 is 19.1 Å². The van der Waals surface area contributed by atoms with Gasteiger partial charge in [0.05, 0.1) is 24.5 Å². The lowest BCUT2D eigenvalue weighted by molar-refractivity contribution is -0.187. The molecular formula is C17H19N3O4. The molecular weight excluding hydrogens is 310 g/mol. The molecule has 0 bridgehead atoms. The molecule has 24 heavy (non-hydrogen) atoms. The molecule has 1 aromatic carbocycles. The van der Waals surface area contributed by atoms with E-state index in [0.29, 0.717) is 50.4 Å². The first-order chi connectivity index (χ1) is 11.6. The number of carbonyl (C=O) groups excluding carboxylic acids is 2. The molecule has 1 N–H and O–H groups in total. The van der Waals surface area contributed by atoms with Gasteiger partial charge in [-0.15, -0.1) is 0 Å². The van der Waals surface area contributed by atoms with Crippen molar-refractivity contribution >= 4 is 17.5 Å². The lowest BCUT2D eigenvalue weighted by Gasteiger charge is -2.37. The van der Waals surface area contributed by atoms with Crippen LogP contribution >= 0.6 is 0 Å². The van der Waals surface area contributed by atoms with Crippen LogP contribution in [0.15, 0.2) is 24.3 Å². The van der Waals surface area contributed by atoms with E-state index >= 15 is 0 Å². The van der Waals surface area contributed by atoms with Crippen LogP contribution in [-0.4, -0.2) is 48.8 Å². The maximum atomic E-state index is 12.3. The minimum atomic E-state index is -0.537. The first-order valence-corrected chi connectivity index (χ1v) is 7.97. The Kier molecular flexibility index (Phi) is 4.79. The quantitative estimate of drug-likeness (QED) is 0.843. The second-order valence-corrected chi connectivity index (χ2v) is 5.87. The summed E-state index contributed by atoms with van der Waals surface area (Å²) in [7, 11) is 0. The van der Waals surface area contributed by atoms with Crippen LogP contribution in [-0.2, 0) is 19.1 Å². The van der Waals surface area contributed by atoms with E-state index in [4.69, 9.17) is 14.7 Å². The van der Waals surface area contributed by atoms with Crippen LogP contribution in [0.5, 0.6) is 0 Å². The predicted octanol–water partition coefficient (Wildman–Crippen LogP) is 1.25. The summed E-state index contributed by atoms with van der Waals surface area (Å²) < 4.78 is 11.3. The monoisotopic (exact) mass is 329 g/mol. The molecule has 1 aromatic rings. The summed E-state index contributed by atoms with van der Waals surface area (Å²) in [6.45, 7) is 2.21. The van der Waals surface area contributed by atoms with E-state index in [1.54, 1.807) is 29.2 Å². The highest BCUT2D eigenvalue weighted by molar-refractivity contribution is 6.04. The summed E-state index contributed by atoms with van der Waals surface area (Å²) in [5, 5.41) is 11.6. The number of rotatable bonds is 3. The summed E-state index contributed by atoms with van der Waals surface area (Å²) in [5.41, 5.74) is 0.789. The normalized spacial score (nSPS) is 19.0. The van der Waals surface area contributed by atoms with Gasteiger partial charge in [-0.3, -0.25) is 9.59 Å². The number of piperidine rings is 1. The average molecular weight is 329 g/mol. The highest BCUT2D eigenvalue weighted by Gasteiger charge is 2.40. The van der Waals surface area contributed by atoms with Crippen LogP contribution in [0.4, 0.5) is 5.69 Å². The van der Waals surface area contributed by atoms with Gasteiger partial charge in [-0.2, -0.15) is 5.26 Å². The lowest BCUT2D eigenvalue weighted by Crippen LogP contribution is -2.47. The molecule has 0 unspecified atom stereocenters. The average Bonchev–Trinajstić information content (AvgIpc) is 3.04. The van der Waals surface area contributed by atoms with Crippen LogP contribution < -0.4 is 5.32 Å². The molecule has 2 aliphatic rings. The molecule has 2 amide bonds. The second-order valence-electron chi connectivity index (χ2n) is 5.87. The fourth-order valence-electron chi connectivity index (χ4n) is 3.02. The molecule has 0 aromatic heterocycles. The molecule has 1 spiro atoms. The van der Waals surface area contributed by atoms with Gasteiger partial charge in [0, 0.05) is 25.9 Å². The van der Waals surface area contributed by atoms with E-state index in [-0.39, 0.29) is 12.3 Å². The highest BCUT2D eigenvalue weighted by atomic mass is 16.7. The smallest absolute Gasteiger partial charge is 0.233 e. The Labute approximate surface area is 140 Å². The first-order valence-electron chi connectivity index (χ1n) is 7.97. The topological polar surface area (TPSA) is 91.7 Å². The van der Waals surface area contributed by atoms with Crippen molar-refractivity contribution in [1.82, 2.24) is 4.90 Å². The van der Waals surface area contributed by atoms with Gasteiger partial charge in [0.2, 0.25) is 11.8 Å². The highest BCUT2D eigenvalue weighted by Crippen LogP contribution is 2.31. The van der Waals surface area contributed by atoms with Gasteiger partial charge >= 0.3 is 0 Å². The minimum Gasteiger partial charge on any atom is -0.347 e. The van der Waals surface area contributed by atoms with E-state index < -0.39 is 11.7 Å². The van der Waals surface area contributed by atoms with Crippen molar-refractivity contribution in [2.75, 3.05) is 31.6 Å². The minimum absolute atomic E-state index is 0.227. The molecule has 126 valence electrons. The van der Waals surface area contributed by atoms with Crippen molar-refractivity contribution in [3.8, 4) is 6.07 Å². The number of nitrogens with zero attached hydrogens (tertiary/aromatic N) is 2. The number of hydrogen-bond donors (Lipinski definition) is 1. The SMILES string of the molecule is N#Cc1ccccc1NC(=O)CC(=O)N1CCC2(CC1)OCCO2. The fraction of sp³-hybridized carbons (Fsp3) is 0.471. The van der Waals surface area contributed by atoms with Crippen LogP contribution in [0.3, 0.4) is 0 Å². The third-order valence-corrected chi connectivity index (χ3v) is 4.32. The van der Waals surface area contributed by atoms with Crippen molar-refractivity contribution in [2.45, 2.75) is 25.0 Å². The van der Waals surface area contributed by atoms with E-state index in [1.807, 2.05) is 6.07 Å². The van der Waals surface area contributed by atoms with E-state index in [2.05, 4.69) is 5.32 Å². The Balaban J connectivity index is 1.52. The molecule has 0 aliphatic carbocycles. The van der Waals surface area contributed by atoms with Crippen molar-refractivity contribution in [3.63, 3.8) is 0 Å². The molecule has 2 saturated heterocycles. The fourth-order valence-corrected chi connectivity index (χ4v) is 3.02. The predicted molar refractivity (Wildman–Crippen MR) is 84.9 cm³/mol. The third kappa shape index (κ3) is 3.55. The van der Waals surface area contributed by atoms with Crippen LogP contribution in [0.1, 0.15) is 24.8 Å². The molecule has 2 fully saturated rings. The maximum absolute atomic E-state index is 12.3. The van der Waals surface area contributed by atoms with Gasteiger partial charge in [0.1, 0.15) is 12.5 Å². The van der Waals surface area contributed by atoms with Crippen molar-refractivity contribution in [3.05, 3.63) is 29.8 Å². The van der Waals surface area contributed by atoms with Crippen molar-refractivity contribution in [1.29, 1.82) is 5.26 Å². The Morgan fingerprint density at radius 3 is 2.54 bits per heavy atom. The number of para-hydroxylation sites is 1.